The first-order chi connectivity index (χ1) is 19.8. The lowest BCUT2D eigenvalue weighted by molar-refractivity contribution is 1.69. The summed E-state index contributed by atoms with van der Waals surface area (Å²) >= 11 is 3.76. The van der Waals surface area contributed by atoms with E-state index >= 15 is 0 Å². The first-order valence-corrected chi connectivity index (χ1v) is 15.3. The molecule has 7 aromatic carbocycles. The minimum absolute atomic E-state index is 1.26. The summed E-state index contributed by atoms with van der Waals surface area (Å²) in [4.78, 5) is 0. The van der Waals surface area contributed by atoms with Crippen molar-refractivity contribution in [2.45, 2.75) is 0 Å². The van der Waals surface area contributed by atoms with Crippen molar-refractivity contribution in [2.75, 3.05) is 0 Å². The molecule has 0 aliphatic rings. The smallest absolute Gasteiger partial charge is 0.0533 e. The fourth-order valence-electron chi connectivity index (χ4n) is 6.51. The monoisotopic (exact) mass is 542 g/mol. The van der Waals surface area contributed by atoms with Gasteiger partial charge in [0.25, 0.3) is 0 Å². The van der Waals surface area contributed by atoms with Crippen molar-refractivity contribution in [3.05, 3.63) is 133 Å². The minimum atomic E-state index is 1.26. The van der Waals surface area contributed by atoms with Gasteiger partial charge in [0.1, 0.15) is 0 Å². The van der Waals surface area contributed by atoms with Gasteiger partial charge in [-0.05, 0) is 89.6 Å². The molecular formula is C38H22S2. The second kappa shape index (κ2) is 8.50. The Morgan fingerprint density at radius 3 is 1.70 bits per heavy atom. The van der Waals surface area contributed by atoms with E-state index in [-0.39, 0.29) is 0 Å². The zero-order valence-corrected chi connectivity index (χ0v) is 23.2. The molecule has 0 bridgehead atoms. The number of thiophene rings is 2. The minimum Gasteiger partial charge on any atom is -0.142 e. The van der Waals surface area contributed by atoms with Crippen LogP contribution in [0.15, 0.2) is 133 Å². The van der Waals surface area contributed by atoms with Crippen LogP contribution in [0, 0.1) is 0 Å². The van der Waals surface area contributed by atoms with Gasteiger partial charge in [-0.1, -0.05) is 103 Å². The Bertz CT molecular complexity index is 2380. The van der Waals surface area contributed by atoms with Gasteiger partial charge in [-0.3, -0.25) is 0 Å². The summed E-state index contributed by atoms with van der Waals surface area (Å²) in [5.74, 6) is 0. The molecule has 40 heavy (non-hydrogen) atoms. The first kappa shape index (κ1) is 22.3. The van der Waals surface area contributed by atoms with Crippen LogP contribution in [0.25, 0.3) is 84.8 Å². The van der Waals surface area contributed by atoms with E-state index in [4.69, 9.17) is 0 Å². The van der Waals surface area contributed by atoms with Crippen molar-refractivity contribution in [3.63, 3.8) is 0 Å². The Kier molecular flexibility index (Phi) is 4.74. The molecule has 0 aliphatic heterocycles. The second-order valence-corrected chi connectivity index (χ2v) is 12.5. The molecule has 0 fully saturated rings. The van der Waals surface area contributed by atoms with Crippen molar-refractivity contribution >= 4 is 85.2 Å². The van der Waals surface area contributed by atoms with Gasteiger partial charge in [0.15, 0.2) is 0 Å². The SMILES string of the molecule is c1ccc2cc(-c3c4ccccc4c(-c4ccc5sc6c(ccc7ccsc76)c5c4)c4ccccc34)ccc2c1. The summed E-state index contributed by atoms with van der Waals surface area (Å²) in [6, 6.07) is 47.3. The average Bonchev–Trinajstić information content (AvgIpc) is 3.64. The molecule has 0 N–H and O–H groups in total. The van der Waals surface area contributed by atoms with Gasteiger partial charge in [0, 0.05) is 15.5 Å². The average molecular weight is 543 g/mol. The molecule has 9 aromatic rings. The van der Waals surface area contributed by atoms with Crippen LogP contribution in [0.3, 0.4) is 0 Å². The predicted molar refractivity (Wildman–Crippen MR) is 178 cm³/mol. The quantitative estimate of drug-likeness (QED) is 0.191. The lowest BCUT2D eigenvalue weighted by Gasteiger charge is -2.18. The molecule has 0 unspecified atom stereocenters. The summed E-state index contributed by atoms with van der Waals surface area (Å²) < 4.78 is 4.15. The van der Waals surface area contributed by atoms with Gasteiger partial charge in [0.2, 0.25) is 0 Å². The number of rotatable bonds is 2. The first-order valence-electron chi connectivity index (χ1n) is 13.6. The zero-order valence-electron chi connectivity index (χ0n) is 21.5. The molecule has 0 saturated carbocycles. The van der Waals surface area contributed by atoms with E-state index in [0.29, 0.717) is 0 Å². The Morgan fingerprint density at radius 1 is 0.375 bits per heavy atom. The normalized spacial score (nSPS) is 12.0. The van der Waals surface area contributed by atoms with E-state index in [1.165, 1.54) is 84.8 Å². The summed E-state index contributed by atoms with van der Waals surface area (Å²) in [7, 11) is 0. The van der Waals surface area contributed by atoms with Crippen LogP contribution in [0.5, 0.6) is 0 Å². The van der Waals surface area contributed by atoms with Crippen LogP contribution >= 0.6 is 22.7 Å². The molecule has 0 spiro atoms. The fraction of sp³-hybridized carbons (Fsp3) is 0. The topological polar surface area (TPSA) is 0 Å². The fourth-order valence-corrected chi connectivity index (χ4v) is 8.75. The molecule has 0 radical (unpaired) electrons. The van der Waals surface area contributed by atoms with Crippen LogP contribution in [0.1, 0.15) is 0 Å². The van der Waals surface area contributed by atoms with E-state index < -0.39 is 0 Å². The lowest BCUT2D eigenvalue weighted by Crippen LogP contribution is -1.91. The van der Waals surface area contributed by atoms with Crippen molar-refractivity contribution in [3.8, 4) is 22.3 Å². The van der Waals surface area contributed by atoms with Crippen LogP contribution in [0.2, 0.25) is 0 Å². The molecule has 2 aromatic heterocycles. The molecule has 2 heterocycles. The van der Waals surface area contributed by atoms with Gasteiger partial charge >= 0.3 is 0 Å². The highest BCUT2D eigenvalue weighted by Crippen LogP contribution is 2.46. The predicted octanol–water partition coefficient (Wildman–Crippen LogP) is 12.1. The summed E-state index contributed by atoms with van der Waals surface area (Å²) in [5, 5.41) is 14.0. The lowest BCUT2D eigenvalue weighted by atomic mass is 9.85. The number of hydrogen-bond donors (Lipinski definition) is 0. The summed E-state index contributed by atoms with van der Waals surface area (Å²) in [5.41, 5.74) is 5.16. The van der Waals surface area contributed by atoms with Crippen molar-refractivity contribution in [1.82, 2.24) is 0 Å². The van der Waals surface area contributed by atoms with Crippen LogP contribution in [-0.4, -0.2) is 0 Å². The van der Waals surface area contributed by atoms with E-state index in [0.717, 1.165) is 0 Å². The van der Waals surface area contributed by atoms with E-state index in [1.54, 1.807) is 0 Å². The number of hydrogen-bond acceptors (Lipinski definition) is 2. The standard InChI is InChI=1S/C38H22S2/c1-2-8-25-21-26(14-13-23(25)7-1)35-28-9-3-5-11-30(28)36(31-12-6-4-10-29(31)35)27-16-18-34-33(22-27)32-17-15-24-19-20-39-37(24)38(32)40-34/h1-22H. The molecular weight excluding hydrogens is 521 g/mol. The molecule has 0 nitrogen and oxygen atoms in total. The van der Waals surface area contributed by atoms with Gasteiger partial charge < -0.3 is 0 Å². The Hall–Kier alpha value is -4.50. The Balaban J connectivity index is 1.37. The molecule has 2 heteroatoms. The van der Waals surface area contributed by atoms with Crippen molar-refractivity contribution in [1.29, 1.82) is 0 Å². The largest absolute Gasteiger partial charge is 0.142 e. The van der Waals surface area contributed by atoms with Gasteiger partial charge in [-0.2, -0.15) is 0 Å². The van der Waals surface area contributed by atoms with E-state index in [2.05, 4.69) is 133 Å². The van der Waals surface area contributed by atoms with Crippen LogP contribution < -0.4 is 0 Å². The highest BCUT2D eigenvalue weighted by atomic mass is 32.1. The summed E-state index contributed by atoms with van der Waals surface area (Å²) in [6.45, 7) is 0. The van der Waals surface area contributed by atoms with Crippen molar-refractivity contribution < 1.29 is 0 Å². The third-order valence-corrected chi connectivity index (χ3v) is 10.6. The molecule has 0 atom stereocenters. The second-order valence-electron chi connectivity index (χ2n) is 10.5. The highest BCUT2D eigenvalue weighted by molar-refractivity contribution is 7.30. The maximum absolute atomic E-state index is 2.43. The summed E-state index contributed by atoms with van der Waals surface area (Å²) in [6.07, 6.45) is 0. The van der Waals surface area contributed by atoms with Crippen molar-refractivity contribution in [2.24, 2.45) is 0 Å². The number of fused-ring (bicyclic) bond motifs is 8. The maximum atomic E-state index is 2.43. The van der Waals surface area contributed by atoms with Gasteiger partial charge in [0.05, 0.1) is 9.40 Å². The highest BCUT2D eigenvalue weighted by Gasteiger charge is 2.18. The van der Waals surface area contributed by atoms with E-state index in [1.807, 2.05) is 22.7 Å². The molecule has 0 aliphatic carbocycles. The third kappa shape index (κ3) is 3.18. The van der Waals surface area contributed by atoms with Gasteiger partial charge in [-0.15, -0.1) is 22.7 Å². The van der Waals surface area contributed by atoms with Crippen LogP contribution in [-0.2, 0) is 0 Å². The molecule has 0 amide bonds. The molecule has 0 saturated heterocycles. The molecule has 9 rings (SSSR count). The molecule has 186 valence electrons. The van der Waals surface area contributed by atoms with Gasteiger partial charge in [-0.25, -0.2) is 0 Å². The number of benzene rings is 7. The van der Waals surface area contributed by atoms with Crippen LogP contribution in [0.4, 0.5) is 0 Å². The third-order valence-electron chi connectivity index (χ3n) is 8.32. The van der Waals surface area contributed by atoms with E-state index in [9.17, 15) is 0 Å². The zero-order chi connectivity index (χ0) is 26.2. The maximum Gasteiger partial charge on any atom is 0.0533 e. The Morgan fingerprint density at radius 2 is 0.975 bits per heavy atom. The Labute approximate surface area is 239 Å².